The number of halogens is 1. The molecule has 0 saturated carbocycles. The molecule has 0 spiro atoms. The van der Waals surface area contributed by atoms with Crippen LogP contribution in [0.4, 0.5) is 4.39 Å². The molecule has 0 bridgehead atoms. The van der Waals surface area contributed by atoms with Crippen LogP contribution in [0.3, 0.4) is 0 Å². The molecule has 0 aromatic heterocycles. The van der Waals surface area contributed by atoms with E-state index in [0.717, 1.165) is 13.0 Å². The molecule has 2 atom stereocenters. The number of nitrogens with two attached hydrogens (primary N) is 1. The Kier molecular flexibility index (Phi) is 4.90. The van der Waals surface area contributed by atoms with Gasteiger partial charge in [-0.05, 0) is 33.0 Å². The van der Waals surface area contributed by atoms with E-state index in [9.17, 15) is 4.39 Å². The van der Waals surface area contributed by atoms with Crippen molar-refractivity contribution < 1.29 is 4.39 Å². The summed E-state index contributed by atoms with van der Waals surface area (Å²) >= 11 is 0. The molecule has 90 valence electrons. The first-order valence-electron chi connectivity index (χ1n) is 5.78. The molecular weight excluding hydrogens is 203 g/mol. The molecule has 1 rings (SSSR count). The molecule has 0 aliphatic carbocycles. The maximum atomic E-state index is 13.7. The predicted molar refractivity (Wildman–Crippen MR) is 65.7 cm³/mol. The zero-order valence-electron chi connectivity index (χ0n) is 10.3. The maximum absolute atomic E-state index is 13.7. The third-order valence-corrected chi connectivity index (χ3v) is 2.77. The third kappa shape index (κ3) is 3.03. The summed E-state index contributed by atoms with van der Waals surface area (Å²) in [6.45, 7) is 4.94. The summed E-state index contributed by atoms with van der Waals surface area (Å²) in [5.74, 6) is -0.173. The molecule has 0 heterocycles. The summed E-state index contributed by atoms with van der Waals surface area (Å²) in [6, 6.07) is 6.72. The van der Waals surface area contributed by atoms with E-state index in [1.54, 1.807) is 6.07 Å². The molecule has 3 heteroatoms. The predicted octanol–water partition coefficient (Wildman–Crippen LogP) is 2.56. The van der Waals surface area contributed by atoms with E-state index < -0.39 is 0 Å². The van der Waals surface area contributed by atoms with E-state index in [-0.39, 0.29) is 17.9 Å². The van der Waals surface area contributed by atoms with Gasteiger partial charge in [-0.25, -0.2) is 4.39 Å². The lowest BCUT2D eigenvalue weighted by molar-refractivity contribution is 0.214. The van der Waals surface area contributed by atoms with Gasteiger partial charge in [-0.15, -0.1) is 0 Å². The average molecular weight is 224 g/mol. The molecule has 0 aliphatic heterocycles. The summed E-state index contributed by atoms with van der Waals surface area (Å²) in [5.41, 5.74) is 6.65. The summed E-state index contributed by atoms with van der Waals surface area (Å²) in [6.07, 6.45) is 1.04. The van der Waals surface area contributed by atoms with E-state index in [0.29, 0.717) is 5.56 Å². The van der Waals surface area contributed by atoms with E-state index in [4.69, 9.17) is 5.73 Å². The molecule has 1 aromatic rings. The van der Waals surface area contributed by atoms with Crippen molar-refractivity contribution in [3.63, 3.8) is 0 Å². The van der Waals surface area contributed by atoms with E-state index >= 15 is 0 Å². The van der Waals surface area contributed by atoms with Crippen LogP contribution in [-0.4, -0.2) is 24.5 Å². The maximum Gasteiger partial charge on any atom is 0.128 e. The first-order valence-corrected chi connectivity index (χ1v) is 5.78. The van der Waals surface area contributed by atoms with Crippen molar-refractivity contribution in [3.05, 3.63) is 35.6 Å². The number of nitrogens with zero attached hydrogens (tertiary/aromatic N) is 1. The van der Waals surface area contributed by atoms with Crippen LogP contribution in [0.5, 0.6) is 0 Å². The monoisotopic (exact) mass is 224 g/mol. The van der Waals surface area contributed by atoms with Crippen molar-refractivity contribution in [2.75, 3.05) is 13.6 Å². The highest BCUT2D eigenvalue weighted by molar-refractivity contribution is 5.22. The van der Waals surface area contributed by atoms with Crippen LogP contribution in [0, 0.1) is 5.82 Å². The summed E-state index contributed by atoms with van der Waals surface area (Å²) in [5, 5.41) is 0. The van der Waals surface area contributed by atoms with E-state index in [1.807, 2.05) is 26.1 Å². The van der Waals surface area contributed by atoms with Crippen molar-refractivity contribution in [2.45, 2.75) is 32.4 Å². The van der Waals surface area contributed by atoms with Crippen LogP contribution in [-0.2, 0) is 0 Å². The average Bonchev–Trinajstić information content (AvgIpc) is 2.21. The molecule has 0 amide bonds. The topological polar surface area (TPSA) is 29.3 Å². The van der Waals surface area contributed by atoms with Crippen molar-refractivity contribution in [2.24, 2.45) is 5.73 Å². The van der Waals surface area contributed by atoms with Gasteiger partial charge in [-0.2, -0.15) is 0 Å². The Morgan fingerprint density at radius 3 is 2.50 bits per heavy atom. The Morgan fingerprint density at radius 2 is 2.00 bits per heavy atom. The fourth-order valence-electron chi connectivity index (χ4n) is 2.13. The number of likely N-dealkylation sites (N-methyl/N-ethyl adjacent to an activating group) is 1. The first kappa shape index (κ1) is 13.1. The molecule has 1 aromatic carbocycles. The first-order chi connectivity index (χ1) is 7.57. The van der Waals surface area contributed by atoms with Gasteiger partial charge in [-0.3, -0.25) is 4.90 Å². The highest BCUT2D eigenvalue weighted by atomic mass is 19.1. The summed E-state index contributed by atoms with van der Waals surface area (Å²) in [4.78, 5) is 2.11. The zero-order chi connectivity index (χ0) is 12.1. The minimum Gasteiger partial charge on any atom is -0.326 e. The van der Waals surface area contributed by atoms with Crippen LogP contribution >= 0.6 is 0 Å². The Morgan fingerprint density at radius 1 is 1.38 bits per heavy atom. The number of rotatable bonds is 5. The summed E-state index contributed by atoms with van der Waals surface area (Å²) < 4.78 is 13.7. The lowest BCUT2D eigenvalue weighted by Gasteiger charge is -2.31. The van der Waals surface area contributed by atoms with Gasteiger partial charge in [-0.1, -0.05) is 25.1 Å². The normalized spacial score (nSPS) is 15.1. The Bertz CT molecular complexity index is 325. The summed E-state index contributed by atoms with van der Waals surface area (Å²) in [7, 11) is 1.99. The standard InChI is InChI=1S/C13H21FN2/c1-4-9-16(3)13(10(2)15)11-7-5-6-8-12(11)14/h5-8,10,13H,4,9,15H2,1-3H3. The van der Waals surface area contributed by atoms with Gasteiger partial charge in [0.15, 0.2) is 0 Å². The third-order valence-electron chi connectivity index (χ3n) is 2.77. The molecule has 2 nitrogen and oxygen atoms in total. The van der Waals surface area contributed by atoms with Gasteiger partial charge in [0, 0.05) is 11.6 Å². The molecular formula is C13H21FN2. The van der Waals surface area contributed by atoms with Gasteiger partial charge in [0.1, 0.15) is 5.82 Å². The smallest absolute Gasteiger partial charge is 0.128 e. The van der Waals surface area contributed by atoms with E-state index in [1.165, 1.54) is 6.07 Å². The van der Waals surface area contributed by atoms with Gasteiger partial charge in [0.05, 0.1) is 6.04 Å². The van der Waals surface area contributed by atoms with Gasteiger partial charge < -0.3 is 5.73 Å². The second kappa shape index (κ2) is 5.97. The SMILES string of the molecule is CCCN(C)C(c1ccccc1F)C(C)N. The molecule has 2 unspecified atom stereocenters. The van der Waals surface area contributed by atoms with Crippen molar-refractivity contribution in [1.29, 1.82) is 0 Å². The molecule has 0 aliphatic rings. The van der Waals surface area contributed by atoms with Crippen LogP contribution in [0.25, 0.3) is 0 Å². The zero-order valence-corrected chi connectivity index (χ0v) is 10.3. The molecule has 0 radical (unpaired) electrons. The van der Waals surface area contributed by atoms with E-state index in [2.05, 4.69) is 11.8 Å². The molecule has 0 fully saturated rings. The van der Waals surface area contributed by atoms with Crippen LogP contribution in [0.15, 0.2) is 24.3 Å². The second-order valence-corrected chi connectivity index (χ2v) is 4.31. The molecule has 16 heavy (non-hydrogen) atoms. The highest BCUT2D eigenvalue weighted by Gasteiger charge is 2.23. The quantitative estimate of drug-likeness (QED) is 0.833. The number of benzene rings is 1. The Balaban J connectivity index is 2.98. The number of hydrogen-bond donors (Lipinski definition) is 1. The van der Waals surface area contributed by atoms with Gasteiger partial charge >= 0.3 is 0 Å². The lowest BCUT2D eigenvalue weighted by Crippen LogP contribution is -2.38. The molecule has 0 saturated heterocycles. The van der Waals surface area contributed by atoms with Gasteiger partial charge in [0.25, 0.3) is 0 Å². The molecule has 2 N–H and O–H groups in total. The Labute approximate surface area is 97.3 Å². The van der Waals surface area contributed by atoms with Crippen molar-refractivity contribution in [3.8, 4) is 0 Å². The number of hydrogen-bond acceptors (Lipinski definition) is 2. The fourth-order valence-corrected chi connectivity index (χ4v) is 2.13. The van der Waals surface area contributed by atoms with Crippen molar-refractivity contribution in [1.82, 2.24) is 4.90 Å². The van der Waals surface area contributed by atoms with Crippen molar-refractivity contribution >= 4 is 0 Å². The fraction of sp³-hybridized carbons (Fsp3) is 0.538. The second-order valence-electron chi connectivity index (χ2n) is 4.31. The highest BCUT2D eigenvalue weighted by Crippen LogP contribution is 2.24. The lowest BCUT2D eigenvalue weighted by atomic mass is 9.99. The largest absolute Gasteiger partial charge is 0.326 e. The van der Waals surface area contributed by atoms with Crippen LogP contribution in [0.1, 0.15) is 31.9 Å². The van der Waals surface area contributed by atoms with Gasteiger partial charge in [0.2, 0.25) is 0 Å². The van der Waals surface area contributed by atoms with Crippen LogP contribution < -0.4 is 5.73 Å². The minimum absolute atomic E-state index is 0.0545. The minimum atomic E-state index is -0.173. The van der Waals surface area contributed by atoms with Crippen LogP contribution in [0.2, 0.25) is 0 Å². The Hall–Kier alpha value is -0.930.